The summed E-state index contributed by atoms with van der Waals surface area (Å²) in [5.41, 5.74) is 6.61. The van der Waals surface area contributed by atoms with Crippen molar-refractivity contribution in [1.82, 2.24) is 10.9 Å². The van der Waals surface area contributed by atoms with Crippen molar-refractivity contribution in [3.8, 4) is 0 Å². The van der Waals surface area contributed by atoms with Crippen LogP contribution in [0.2, 0.25) is 0 Å². The van der Waals surface area contributed by atoms with Crippen molar-refractivity contribution in [2.45, 2.75) is 37.5 Å². The lowest BCUT2D eigenvalue weighted by molar-refractivity contribution is -0.138. The molecule has 0 heterocycles. The molecule has 0 bridgehead atoms. The van der Waals surface area contributed by atoms with Crippen LogP contribution in [0.4, 0.5) is 9.18 Å². The first kappa shape index (κ1) is 13.2. The Bertz CT molecular complexity index is 315. The summed E-state index contributed by atoms with van der Waals surface area (Å²) < 4.78 is 18.8. The van der Waals surface area contributed by atoms with Crippen molar-refractivity contribution in [3.05, 3.63) is 0 Å². The van der Waals surface area contributed by atoms with E-state index in [1.54, 1.807) is 0 Å². The van der Waals surface area contributed by atoms with Gasteiger partial charge >= 0.3 is 6.09 Å². The maximum absolute atomic E-state index is 14.1. The van der Waals surface area contributed by atoms with E-state index in [4.69, 9.17) is 10.5 Å². The van der Waals surface area contributed by atoms with Gasteiger partial charge < -0.3 is 10.5 Å². The van der Waals surface area contributed by atoms with Crippen LogP contribution in [0, 0.1) is 0 Å². The molecule has 1 fully saturated rings. The van der Waals surface area contributed by atoms with Crippen molar-refractivity contribution in [3.63, 3.8) is 0 Å². The van der Waals surface area contributed by atoms with Crippen LogP contribution in [0.5, 0.6) is 0 Å². The third-order valence-corrected chi connectivity index (χ3v) is 2.66. The molecule has 4 N–H and O–H groups in total. The van der Waals surface area contributed by atoms with Gasteiger partial charge in [-0.15, -0.1) is 0 Å². The number of hydrazine groups is 1. The SMILES string of the molecule is NC(=O)OC1CCC(F)(C(=O)NNC=O)CC1. The molecule has 0 aromatic carbocycles. The molecule has 0 radical (unpaired) electrons. The van der Waals surface area contributed by atoms with E-state index in [-0.39, 0.29) is 32.1 Å². The fourth-order valence-corrected chi connectivity index (χ4v) is 1.77. The van der Waals surface area contributed by atoms with Gasteiger partial charge in [0, 0.05) is 0 Å². The lowest BCUT2D eigenvalue weighted by Crippen LogP contribution is -2.51. The molecule has 17 heavy (non-hydrogen) atoms. The maximum Gasteiger partial charge on any atom is 0.404 e. The minimum absolute atomic E-state index is 0.0860. The third kappa shape index (κ3) is 3.58. The zero-order chi connectivity index (χ0) is 12.9. The Labute approximate surface area is 96.8 Å². The van der Waals surface area contributed by atoms with E-state index in [0.29, 0.717) is 0 Å². The number of halogens is 1. The molecule has 96 valence electrons. The molecule has 0 atom stereocenters. The van der Waals surface area contributed by atoms with E-state index in [0.717, 1.165) is 0 Å². The number of primary amides is 1. The summed E-state index contributed by atoms with van der Waals surface area (Å²) in [6.07, 6.45) is -0.865. The number of carbonyl (C=O) groups excluding carboxylic acids is 3. The van der Waals surface area contributed by atoms with Crippen LogP contribution in [-0.4, -0.2) is 30.2 Å². The number of alkyl halides is 1. The number of hydrogen-bond acceptors (Lipinski definition) is 4. The molecule has 1 rings (SSSR count). The topological polar surface area (TPSA) is 111 Å². The predicted molar refractivity (Wildman–Crippen MR) is 54.1 cm³/mol. The summed E-state index contributed by atoms with van der Waals surface area (Å²) in [4.78, 5) is 31.8. The highest BCUT2D eigenvalue weighted by Gasteiger charge is 2.43. The Morgan fingerprint density at radius 1 is 1.41 bits per heavy atom. The second kappa shape index (κ2) is 5.46. The Kier molecular flexibility index (Phi) is 4.24. The summed E-state index contributed by atoms with van der Waals surface area (Å²) in [5, 5.41) is 0. The minimum atomic E-state index is -2.05. The molecule has 0 aliphatic heterocycles. The Morgan fingerprint density at radius 2 is 2.00 bits per heavy atom. The molecule has 0 aromatic heterocycles. The zero-order valence-corrected chi connectivity index (χ0v) is 9.07. The van der Waals surface area contributed by atoms with Crippen LogP contribution in [0.25, 0.3) is 0 Å². The largest absolute Gasteiger partial charge is 0.446 e. The first-order valence-corrected chi connectivity index (χ1v) is 5.12. The second-order valence-electron chi connectivity index (χ2n) is 3.82. The highest BCUT2D eigenvalue weighted by molar-refractivity contribution is 5.85. The van der Waals surface area contributed by atoms with Gasteiger partial charge in [-0.05, 0) is 25.7 Å². The smallest absolute Gasteiger partial charge is 0.404 e. The molecule has 0 aromatic rings. The van der Waals surface area contributed by atoms with Crippen LogP contribution in [0.15, 0.2) is 0 Å². The standard InChI is InChI=1S/C9H14FN3O4/c10-9(7(15)13-12-5-14)3-1-6(2-4-9)17-8(11)16/h5-6H,1-4H2,(H2,11,16)(H,12,14)(H,13,15). The number of ether oxygens (including phenoxy) is 1. The molecule has 0 saturated heterocycles. The fraction of sp³-hybridized carbons (Fsp3) is 0.667. The number of nitrogens with one attached hydrogen (secondary N) is 2. The number of hydrogen-bond donors (Lipinski definition) is 3. The molecule has 1 saturated carbocycles. The average Bonchev–Trinajstić information content (AvgIpc) is 2.28. The Hall–Kier alpha value is -1.86. The van der Waals surface area contributed by atoms with E-state index in [1.165, 1.54) is 0 Å². The van der Waals surface area contributed by atoms with Gasteiger partial charge in [0.15, 0.2) is 5.67 Å². The highest BCUT2D eigenvalue weighted by atomic mass is 19.1. The molecule has 3 amide bonds. The van der Waals surface area contributed by atoms with Crippen molar-refractivity contribution in [2.24, 2.45) is 5.73 Å². The van der Waals surface area contributed by atoms with Gasteiger partial charge in [0.25, 0.3) is 5.91 Å². The van der Waals surface area contributed by atoms with E-state index in [9.17, 15) is 18.8 Å². The summed E-state index contributed by atoms with van der Waals surface area (Å²) in [5.74, 6) is -0.901. The minimum Gasteiger partial charge on any atom is -0.446 e. The third-order valence-electron chi connectivity index (χ3n) is 2.66. The monoisotopic (exact) mass is 247 g/mol. The second-order valence-corrected chi connectivity index (χ2v) is 3.82. The first-order chi connectivity index (χ1) is 7.98. The average molecular weight is 247 g/mol. The number of amides is 3. The molecule has 7 nitrogen and oxygen atoms in total. The summed E-state index contributed by atoms with van der Waals surface area (Å²) in [6.45, 7) is 0. The van der Waals surface area contributed by atoms with E-state index < -0.39 is 23.8 Å². The van der Waals surface area contributed by atoms with Gasteiger partial charge in [0.2, 0.25) is 6.41 Å². The van der Waals surface area contributed by atoms with Gasteiger partial charge in [0.05, 0.1) is 0 Å². The van der Waals surface area contributed by atoms with Gasteiger partial charge in [-0.1, -0.05) is 0 Å². The van der Waals surface area contributed by atoms with Crippen LogP contribution in [-0.2, 0) is 14.3 Å². The van der Waals surface area contributed by atoms with Crippen molar-refractivity contribution in [1.29, 1.82) is 0 Å². The van der Waals surface area contributed by atoms with Crippen LogP contribution >= 0.6 is 0 Å². The Balaban J connectivity index is 2.45. The van der Waals surface area contributed by atoms with Gasteiger partial charge in [-0.25, -0.2) is 9.18 Å². The Morgan fingerprint density at radius 3 is 2.47 bits per heavy atom. The quantitative estimate of drug-likeness (QED) is 0.459. The molecule has 1 aliphatic rings. The summed E-state index contributed by atoms with van der Waals surface area (Å²) in [7, 11) is 0. The van der Waals surface area contributed by atoms with E-state index >= 15 is 0 Å². The van der Waals surface area contributed by atoms with Crippen molar-refractivity contribution >= 4 is 18.4 Å². The highest BCUT2D eigenvalue weighted by Crippen LogP contribution is 2.33. The van der Waals surface area contributed by atoms with Gasteiger partial charge in [0.1, 0.15) is 6.10 Å². The molecule has 0 spiro atoms. The molecule has 1 aliphatic carbocycles. The van der Waals surface area contributed by atoms with Crippen molar-refractivity contribution in [2.75, 3.05) is 0 Å². The molecule has 0 unspecified atom stereocenters. The van der Waals surface area contributed by atoms with E-state index in [1.807, 2.05) is 10.9 Å². The summed E-state index contributed by atoms with van der Waals surface area (Å²) in [6, 6.07) is 0. The van der Waals surface area contributed by atoms with Crippen LogP contribution in [0.3, 0.4) is 0 Å². The molecule has 8 heteroatoms. The van der Waals surface area contributed by atoms with Crippen molar-refractivity contribution < 1.29 is 23.5 Å². The fourth-order valence-electron chi connectivity index (χ4n) is 1.77. The maximum atomic E-state index is 14.1. The number of carbonyl (C=O) groups is 3. The van der Waals surface area contributed by atoms with Crippen LogP contribution < -0.4 is 16.6 Å². The molecular weight excluding hydrogens is 233 g/mol. The summed E-state index contributed by atoms with van der Waals surface area (Å²) >= 11 is 0. The first-order valence-electron chi connectivity index (χ1n) is 5.12. The van der Waals surface area contributed by atoms with E-state index in [2.05, 4.69) is 0 Å². The zero-order valence-electron chi connectivity index (χ0n) is 9.07. The van der Waals surface area contributed by atoms with Gasteiger partial charge in [-0.3, -0.25) is 20.4 Å². The number of nitrogens with two attached hydrogens (primary N) is 1. The predicted octanol–water partition coefficient (Wildman–Crippen LogP) is -0.490. The van der Waals surface area contributed by atoms with Crippen LogP contribution in [0.1, 0.15) is 25.7 Å². The molecular formula is C9H14FN3O4. The lowest BCUT2D eigenvalue weighted by atomic mass is 9.84. The number of rotatable bonds is 4. The normalized spacial score (nSPS) is 27.9. The van der Waals surface area contributed by atoms with Gasteiger partial charge in [-0.2, -0.15) is 0 Å². The lowest BCUT2D eigenvalue weighted by Gasteiger charge is -2.31.